The fourth-order valence-electron chi connectivity index (χ4n) is 3.15. The number of likely N-dealkylation sites (tertiary alicyclic amines) is 1. The number of rotatable bonds is 9. The van der Waals surface area contributed by atoms with E-state index in [9.17, 15) is 0 Å². The van der Waals surface area contributed by atoms with E-state index in [4.69, 9.17) is 15.2 Å². The molecule has 0 bridgehead atoms. The van der Waals surface area contributed by atoms with Crippen molar-refractivity contribution in [2.75, 3.05) is 46.4 Å². The van der Waals surface area contributed by atoms with Gasteiger partial charge in [-0.3, -0.25) is 0 Å². The van der Waals surface area contributed by atoms with Crippen LogP contribution in [0, 0.1) is 0 Å². The van der Waals surface area contributed by atoms with Crippen LogP contribution in [0.4, 0.5) is 0 Å². The molecular formula is C20H34N4O2. The summed E-state index contributed by atoms with van der Waals surface area (Å²) < 4.78 is 11.4. The number of nitrogens with zero attached hydrogens (tertiary/aromatic N) is 3. The van der Waals surface area contributed by atoms with Crippen LogP contribution in [0.25, 0.3) is 0 Å². The number of ether oxygens (including phenoxy) is 2. The number of guanidine groups is 1. The predicted molar refractivity (Wildman–Crippen MR) is 107 cm³/mol. The lowest BCUT2D eigenvalue weighted by atomic mass is 10.1. The minimum atomic E-state index is 0.554. The van der Waals surface area contributed by atoms with Crippen LogP contribution in [0.3, 0.4) is 0 Å². The third-order valence-electron chi connectivity index (χ3n) is 4.89. The monoisotopic (exact) mass is 362 g/mol. The maximum Gasteiger partial charge on any atom is 0.191 e. The topological polar surface area (TPSA) is 63.3 Å². The Labute approximate surface area is 158 Å². The first-order valence-corrected chi connectivity index (χ1v) is 9.74. The van der Waals surface area contributed by atoms with E-state index >= 15 is 0 Å². The molecule has 0 radical (unpaired) electrons. The van der Waals surface area contributed by atoms with Crippen LogP contribution in [-0.4, -0.2) is 62.2 Å². The van der Waals surface area contributed by atoms with Gasteiger partial charge in [0, 0.05) is 19.6 Å². The molecule has 26 heavy (non-hydrogen) atoms. The molecule has 1 heterocycles. The highest BCUT2D eigenvalue weighted by Crippen LogP contribution is 2.28. The Hall–Kier alpha value is -1.95. The van der Waals surface area contributed by atoms with Gasteiger partial charge >= 0.3 is 0 Å². The number of aliphatic imine (C=N–C) groups is 1. The quantitative estimate of drug-likeness (QED) is 0.540. The fraction of sp³-hybridized carbons (Fsp3) is 0.650. The number of nitrogens with two attached hydrogens (primary N) is 1. The van der Waals surface area contributed by atoms with Gasteiger partial charge in [-0.25, -0.2) is 4.99 Å². The number of likely N-dealkylation sites (N-methyl/N-ethyl adjacent to an activating group) is 1. The predicted octanol–water partition coefficient (Wildman–Crippen LogP) is 2.72. The average Bonchev–Trinajstić information content (AvgIpc) is 2.70. The minimum Gasteiger partial charge on any atom is -0.493 e. The molecule has 6 nitrogen and oxygen atoms in total. The van der Waals surface area contributed by atoms with Gasteiger partial charge in [0.15, 0.2) is 17.5 Å². The lowest BCUT2D eigenvalue weighted by Gasteiger charge is -2.27. The molecule has 146 valence electrons. The van der Waals surface area contributed by atoms with Gasteiger partial charge in [-0.05, 0) is 50.0 Å². The Kier molecular flexibility index (Phi) is 8.54. The molecule has 1 aliphatic rings. The highest BCUT2D eigenvalue weighted by molar-refractivity contribution is 5.78. The first kappa shape index (κ1) is 20.4. The van der Waals surface area contributed by atoms with Crippen molar-refractivity contribution in [2.24, 2.45) is 10.7 Å². The fourth-order valence-corrected chi connectivity index (χ4v) is 3.15. The molecule has 0 unspecified atom stereocenters. The molecule has 2 rings (SSSR count). The third kappa shape index (κ3) is 6.09. The van der Waals surface area contributed by atoms with E-state index in [1.165, 1.54) is 19.3 Å². The van der Waals surface area contributed by atoms with E-state index in [1.807, 2.05) is 18.2 Å². The normalized spacial score (nSPS) is 15.4. The minimum absolute atomic E-state index is 0.554. The molecule has 2 N–H and O–H groups in total. The molecule has 1 aliphatic heterocycles. The van der Waals surface area contributed by atoms with Crippen LogP contribution in [0.5, 0.6) is 11.5 Å². The highest BCUT2D eigenvalue weighted by atomic mass is 16.5. The summed E-state index contributed by atoms with van der Waals surface area (Å²) in [5, 5.41) is 0. The number of benzene rings is 1. The Morgan fingerprint density at radius 1 is 1.15 bits per heavy atom. The standard InChI is InChI=1S/C20H34N4O2/c1-4-23(5-2)13-14-26-18-10-9-17(15-19(18)25-3)16-22-20(21)24-11-7-6-8-12-24/h9-10,15H,4-8,11-14,16H2,1-3H3,(H2,21,22). The van der Waals surface area contributed by atoms with Crippen molar-refractivity contribution < 1.29 is 9.47 Å². The molecule has 1 fully saturated rings. The molecule has 0 aliphatic carbocycles. The van der Waals surface area contributed by atoms with Gasteiger partial charge in [-0.1, -0.05) is 19.9 Å². The number of hydrogen-bond donors (Lipinski definition) is 1. The lowest BCUT2D eigenvalue weighted by Crippen LogP contribution is -2.40. The van der Waals surface area contributed by atoms with Crippen molar-refractivity contribution in [1.82, 2.24) is 9.80 Å². The van der Waals surface area contributed by atoms with Gasteiger partial charge in [-0.2, -0.15) is 0 Å². The summed E-state index contributed by atoms with van der Waals surface area (Å²) in [5.41, 5.74) is 7.20. The first-order chi connectivity index (χ1) is 12.7. The van der Waals surface area contributed by atoms with Crippen molar-refractivity contribution in [3.8, 4) is 11.5 Å². The summed E-state index contributed by atoms with van der Waals surface area (Å²) in [6.45, 7) is 10.5. The van der Waals surface area contributed by atoms with E-state index in [2.05, 4.69) is 28.6 Å². The Morgan fingerprint density at radius 3 is 2.54 bits per heavy atom. The molecule has 1 saturated heterocycles. The zero-order valence-corrected chi connectivity index (χ0v) is 16.5. The van der Waals surface area contributed by atoms with Crippen molar-refractivity contribution in [1.29, 1.82) is 0 Å². The van der Waals surface area contributed by atoms with Gasteiger partial charge in [0.25, 0.3) is 0 Å². The second-order valence-corrected chi connectivity index (χ2v) is 6.58. The summed E-state index contributed by atoms with van der Waals surface area (Å²) >= 11 is 0. The number of methoxy groups -OCH3 is 1. The third-order valence-corrected chi connectivity index (χ3v) is 4.89. The van der Waals surface area contributed by atoms with E-state index in [-0.39, 0.29) is 0 Å². The van der Waals surface area contributed by atoms with E-state index < -0.39 is 0 Å². The van der Waals surface area contributed by atoms with Crippen molar-refractivity contribution in [2.45, 2.75) is 39.7 Å². The Balaban J connectivity index is 1.92. The zero-order chi connectivity index (χ0) is 18.8. The van der Waals surface area contributed by atoms with Crippen LogP contribution in [0.1, 0.15) is 38.7 Å². The van der Waals surface area contributed by atoms with E-state index in [0.29, 0.717) is 19.1 Å². The Morgan fingerprint density at radius 2 is 1.88 bits per heavy atom. The maximum absolute atomic E-state index is 6.13. The molecule has 0 saturated carbocycles. The SMILES string of the molecule is CCN(CC)CCOc1ccc(CN=C(N)N2CCCCC2)cc1OC. The maximum atomic E-state index is 6.13. The molecule has 0 atom stereocenters. The van der Waals surface area contributed by atoms with Gasteiger partial charge < -0.3 is 25.0 Å². The van der Waals surface area contributed by atoms with Gasteiger partial charge in [0.2, 0.25) is 0 Å². The molecule has 6 heteroatoms. The number of piperidine rings is 1. The summed E-state index contributed by atoms with van der Waals surface area (Å²) in [6, 6.07) is 5.98. The van der Waals surface area contributed by atoms with Gasteiger partial charge in [0.05, 0.1) is 13.7 Å². The Bertz CT molecular complexity index is 567. The van der Waals surface area contributed by atoms with Crippen molar-refractivity contribution in [3.63, 3.8) is 0 Å². The second kappa shape index (κ2) is 10.9. The smallest absolute Gasteiger partial charge is 0.191 e. The molecular weight excluding hydrogens is 328 g/mol. The van der Waals surface area contributed by atoms with Crippen LogP contribution in [-0.2, 0) is 6.54 Å². The zero-order valence-electron chi connectivity index (χ0n) is 16.5. The highest BCUT2D eigenvalue weighted by Gasteiger charge is 2.12. The molecule has 0 amide bonds. The van der Waals surface area contributed by atoms with E-state index in [1.54, 1.807) is 7.11 Å². The lowest BCUT2D eigenvalue weighted by molar-refractivity contribution is 0.217. The summed E-state index contributed by atoms with van der Waals surface area (Å²) in [5.74, 6) is 2.16. The molecule has 1 aromatic rings. The van der Waals surface area contributed by atoms with Gasteiger partial charge in [0.1, 0.15) is 6.61 Å². The average molecular weight is 363 g/mol. The summed E-state index contributed by atoms with van der Waals surface area (Å²) in [4.78, 5) is 9.05. The molecule has 0 aromatic heterocycles. The van der Waals surface area contributed by atoms with Crippen molar-refractivity contribution in [3.05, 3.63) is 23.8 Å². The largest absolute Gasteiger partial charge is 0.493 e. The summed E-state index contributed by atoms with van der Waals surface area (Å²) in [7, 11) is 1.67. The van der Waals surface area contributed by atoms with Crippen LogP contribution in [0.2, 0.25) is 0 Å². The van der Waals surface area contributed by atoms with Crippen molar-refractivity contribution >= 4 is 5.96 Å². The van der Waals surface area contributed by atoms with Crippen LogP contribution < -0.4 is 15.2 Å². The number of hydrogen-bond acceptors (Lipinski definition) is 4. The van der Waals surface area contributed by atoms with Gasteiger partial charge in [-0.15, -0.1) is 0 Å². The van der Waals surface area contributed by atoms with E-state index in [0.717, 1.165) is 49.8 Å². The second-order valence-electron chi connectivity index (χ2n) is 6.58. The first-order valence-electron chi connectivity index (χ1n) is 9.74. The molecule has 0 spiro atoms. The van der Waals surface area contributed by atoms with Crippen LogP contribution >= 0.6 is 0 Å². The molecule has 1 aromatic carbocycles. The van der Waals surface area contributed by atoms with Crippen LogP contribution in [0.15, 0.2) is 23.2 Å². The summed E-state index contributed by atoms with van der Waals surface area (Å²) in [6.07, 6.45) is 3.68.